The van der Waals surface area contributed by atoms with E-state index in [4.69, 9.17) is 10.5 Å². The molecule has 2 aromatic rings. The van der Waals surface area contributed by atoms with Gasteiger partial charge in [-0.25, -0.2) is 4.98 Å². The third-order valence-corrected chi connectivity index (χ3v) is 4.31. The van der Waals surface area contributed by atoms with Crippen LogP contribution in [0.3, 0.4) is 0 Å². The Morgan fingerprint density at radius 2 is 2.28 bits per heavy atom. The second kappa shape index (κ2) is 6.31. The van der Waals surface area contributed by atoms with Gasteiger partial charge in [-0.15, -0.1) is 11.3 Å². The Bertz CT molecular complexity index is 498. The number of rotatable bonds is 5. The summed E-state index contributed by atoms with van der Waals surface area (Å²) in [6.07, 6.45) is 3.54. The lowest BCUT2D eigenvalue weighted by molar-refractivity contribution is 0.397. The minimum atomic E-state index is 0.116. The predicted molar refractivity (Wildman–Crippen MR) is 78.2 cm³/mol. The Morgan fingerprint density at radius 1 is 1.44 bits per heavy atom. The van der Waals surface area contributed by atoms with Gasteiger partial charge in [0.05, 0.1) is 7.11 Å². The molecule has 0 saturated heterocycles. The molecule has 0 aromatic carbocycles. The van der Waals surface area contributed by atoms with E-state index in [1.54, 1.807) is 18.4 Å². The molecule has 2 N–H and O–H groups in total. The second-order valence-corrected chi connectivity index (χ2v) is 6.02. The lowest BCUT2D eigenvalue weighted by atomic mass is 10.1. The number of aromatic nitrogens is 1. The maximum absolute atomic E-state index is 6.15. The molecule has 2 heterocycles. The van der Waals surface area contributed by atoms with Gasteiger partial charge in [-0.1, -0.05) is 6.07 Å². The van der Waals surface area contributed by atoms with Gasteiger partial charge in [0, 0.05) is 33.0 Å². The zero-order valence-electron chi connectivity index (χ0n) is 10.1. The number of thiophene rings is 1. The van der Waals surface area contributed by atoms with E-state index in [-0.39, 0.29) is 6.04 Å². The monoisotopic (exact) mass is 326 g/mol. The maximum Gasteiger partial charge on any atom is 0.212 e. The van der Waals surface area contributed by atoms with Gasteiger partial charge in [-0.2, -0.15) is 0 Å². The fraction of sp³-hybridized carbons (Fsp3) is 0.308. The van der Waals surface area contributed by atoms with Crippen LogP contribution < -0.4 is 10.5 Å². The fourth-order valence-corrected chi connectivity index (χ4v) is 3.29. The van der Waals surface area contributed by atoms with Crippen LogP contribution in [0.4, 0.5) is 0 Å². The first kappa shape index (κ1) is 13.5. The normalized spacial score (nSPS) is 12.4. The topological polar surface area (TPSA) is 48.1 Å². The van der Waals surface area contributed by atoms with E-state index < -0.39 is 0 Å². The summed E-state index contributed by atoms with van der Waals surface area (Å²) in [4.78, 5) is 5.48. The van der Waals surface area contributed by atoms with E-state index in [0.717, 1.165) is 22.9 Å². The molecule has 0 aliphatic carbocycles. The number of nitrogens with two attached hydrogens (primary N) is 1. The van der Waals surface area contributed by atoms with Crippen LogP contribution in [0, 0.1) is 0 Å². The molecule has 0 spiro atoms. The molecule has 5 heteroatoms. The number of halogens is 1. The first-order valence-electron chi connectivity index (χ1n) is 5.65. The van der Waals surface area contributed by atoms with E-state index in [1.165, 1.54) is 4.88 Å². The number of hydrogen-bond donors (Lipinski definition) is 1. The summed E-state index contributed by atoms with van der Waals surface area (Å²) in [5, 5.41) is 2.08. The molecule has 0 bridgehead atoms. The molecule has 96 valence electrons. The van der Waals surface area contributed by atoms with Gasteiger partial charge in [0.15, 0.2) is 0 Å². The SMILES string of the molecule is COc1ccc(CC(N)Cc2cc(Br)cs2)cn1. The lowest BCUT2D eigenvalue weighted by Gasteiger charge is -2.10. The van der Waals surface area contributed by atoms with Crippen molar-refractivity contribution < 1.29 is 4.74 Å². The summed E-state index contributed by atoms with van der Waals surface area (Å²) in [6, 6.07) is 6.11. The minimum Gasteiger partial charge on any atom is -0.481 e. The highest BCUT2D eigenvalue weighted by Gasteiger charge is 2.08. The van der Waals surface area contributed by atoms with Crippen molar-refractivity contribution in [2.45, 2.75) is 18.9 Å². The Morgan fingerprint density at radius 3 is 2.83 bits per heavy atom. The van der Waals surface area contributed by atoms with Gasteiger partial charge < -0.3 is 10.5 Å². The van der Waals surface area contributed by atoms with Crippen molar-refractivity contribution in [3.63, 3.8) is 0 Å². The van der Waals surface area contributed by atoms with Crippen LogP contribution in [0.2, 0.25) is 0 Å². The van der Waals surface area contributed by atoms with Crippen molar-refractivity contribution >= 4 is 27.3 Å². The van der Waals surface area contributed by atoms with E-state index in [9.17, 15) is 0 Å². The third-order valence-electron chi connectivity index (χ3n) is 2.59. The molecule has 0 fully saturated rings. The summed E-state index contributed by atoms with van der Waals surface area (Å²) in [7, 11) is 1.61. The summed E-state index contributed by atoms with van der Waals surface area (Å²) in [5.41, 5.74) is 7.29. The van der Waals surface area contributed by atoms with Gasteiger partial charge >= 0.3 is 0 Å². The Kier molecular flexibility index (Phi) is 4.74. The largest absolute Gasteiger partial charge is 0.481 e. The number of methoxy groups -OCH3 is 1. The van der Waals surface area contributed by atoms with Crippen LogP contribution in [-0.2, 0) is 12.8 Å². The maximum atomic E-state index is 6.15. The summed E-state index contributed by atoms with van der Waals surface area (Å²) in [5.74, 6) is 0.634. The molecular formula is C13H15BrN2OS. The van der Waals surface area contributed by atoms with Gasteiger partial charge in [-0.05, 0) is 40.4 Å². The standard InChI is InChI=1S/C13H15BrN2OS/c1-17-13-3-2-9(7-16-13)4-11(15)6-12-5-10(14)8-18-12/h2-3,5,7-8,11H,4,6,15H2,1H3. The smallest absolute Gasteiger partial charge is 0.212 e. The Balaban J connectivity index is 1.91. The zero-order valence-corrected chi connectivity index (χ0v) is 12.5. The summed E-state index contributed by atoms with van der Waals surface area (Å²) < 4.78 is 6.15. The quantitative estimate of drug-likeness (QED) is 0.918. The van der Waals surface area contributed by atoms with Crippen molar-refractivity contribution in [3.8, 4) is 5.88 Å². The predicted octanol–water partition coefficient (Wildman–Crippen LogP) is 3.03. The molecule has 3 nitrogen and oxygen atoms in total. The van der Waals surface area contributed by atoms with Crippen LogP contribution in [0.15, 0.2) is 34.2 Å². The molecule has 0 saturated carbocycles. The number of ether oxygens (including phenoxy) is 1. The Labute approximate surface area is 119 Å². The highest BCUT2D eigenvalue weighted by Crippen LogP contribution is 2.21. The van der Waals surface area contributed by atoms with Crippen molar-refractivity contribution in [2.75, 3.05) is 7.11 Å². The first-order chi connectivity index (χ1) is 8.67. The highest BCUT2D eigenvalue weighted by molar-refractivity contribution is 9.10. The van der Waals surface area contributed by atoms with Gasteiger partial charge in [0.25, 0.3) is 0 Å². The molecule has 2 aromatic heterocycles. The van der Waals surface area contributed by atoms with Crippen molar-refractivity contribution in [3.05, 3.63) is 44.7 Å². The number of nitrogens with zero attached hydrogens (tertiary/aromatic N) is 1. The zero-order chi connectivity index (χ0) is 13.0. The molecule has 18 heavy (non-hydrogen) atoms. The number of hydrogen-bond acceptors (Lipinski definition) is 4. The Hall–Kier alpha value is -0.910. The van der Waals surface area contributed by atoms with Crippen molar-refractivity contribution in [1.82, 2.24) is 4.98 Å². The minimum absolute atomic E-state index is 0.116. The molecule has 1 atom stereocenters. The van der Waals surface area contributed by atoms with Gasteiger partial charge in [0.1, 0.15) is 0 Å². The van der Waals surface area contributed by atoms with E-state index in [0.29, 0.717) is 5.88 Å². The van der Waals surface area contributed by atoms with Crippen LogP contribution in [0.1, 0.15) is 10.4 Å². The van der Waals surface area contributed by atoms with Crippen LogP contribution in [0.5, 0.6) is 5.88 Å². The van der Waals surface area contributed by atoms with E-state index in [2.05, 4.69) is 32.4 Å². The molecule has 0 amide bonds. The lowest BCUT2D eigenvalue weighted by Crippen LogP contribution is -2.25. The average molecular weight is 327 g/mol. The van der Waals surface area contributed by atoms with Crippen molar-refractivity contribution in [1.29, 1.82) is 0 Å². The average Bonchev–Trinajstić information content (AvgIpc) is 2.75. The molecule has 2 rings (SSSR count). The van der Waals surface area contributed by atoms with Crippen LogP contribution in [-0.4, -0.2) is 18.1 Å². The second-order valence-electron chi connectivity index (χ2n) is 4.11. The van der Waals surface area contributed by atoms with E-state index in [1.807, 2.05) is 18.3 Å². The summed E-state index contributed by atoms with van der Waals surface area (Å²) in [6.45, 7) is 0. The highest BCUT2D eigenvalue weighted by atomic mass is 79.9. The van der Waals surface area contributed by atoms with Crippen LogP contribution in [0.25, 0.3) is 0 Å². The molecule has 0 aliphatic rings. The van der Waals surface area contributed by atoms with E-state index >= 15 is 0 Å². The first-order valence-corrected chi connectivity index (χ1v) is 7.32. The van der Waals surface area contributed by atoms with Gasteiger partial charge in [0.2, 0.25) is 5.88 Å². The fourth-order valence-electron chi connectivity index (χ4n) is 1.75. The molecule has 0 aliphatic heterocycles. The van der Waals surface area contributed by atoms with Crippen LogP contribution >= 0.6 is 27.3 Å². The summed E-state index contributed by atoms with van der Waals surface area (Å²) >= 11 is 5.18. The number of pyridine rings is 1. The third kappa shape index (κ3) is 3.80. The molecular weight excluding hydrogens is 312 g/mol. The molecule has 1 unspecified atom stereocenters. The van der Waals surface area contributed by atoms with Gasteiger partial charge in [-0.3, -0.25) is 0 Å². The van der Waals surface area contributed by atoms with Crippen molar-refractivity contribution in [2.24, 2.45) is 5.73 Å². The molecule has 0 radical (unpaired) electrons.